The Kier molecular flexibility index (Phi) is 2.10. The van der Waals surface area contributed by atoms with E-state index in [1.165, 1.54) is 6.08 Å². The molecule has 1 amide bonds. The monoisotopic (exact) mass is 189 g/mol. The minimum absolute atomic E-state index is 0.594. The number of carbonyl (C=O) groups excluding carboxylic acids is 1. The van der Waals surface area contributed by atoms with Crippen LogP contribution in [-0.4, -0.2) is 12.0 Å². The lowest BCUT2D eigenvalue weighted by Gasteiger charge is -2.17. The zero-order valence-corrected chi connectivity index (χ0v) is 7.21. The van der Waals surface area contributed by atoms with E-state index in [0.717, 1.165) is 5.56 Å². The first kappa shape index (κ1) is 8.62. The van der Waals surface area contributed by atoms with Gasteiger partial charge in [0.1, 0.15) is 5.75 Å². The second-order valence-corrected chi connectivity index (χ2v) is 2.86. The number of ether oxygens (including phenoxy) is 1. The van der Waals surface area contributed by atoms with Gasteiger partial charge in [-0.3, -0.25) is 4.79 Å². The van der Waals surface area contributed by atoms with E-state index in [2.05, 4.69) is 5.18 Å². The molecule has 70 valence electrons. The van der Waals surface area contributed by atoms with E-state index in [-0.39, 0.29) is 0 Å². The molecule has 0 fully saturated rings. The maximum absolute atomic E-state index is 10.9. The first-order chi connectivity index (χ1) is 6.81. The van der Waals surface area contributed by atoms with Crippen molar-refractivity contribution in [1.29, 1.82) is 0 Å². The summed E-state index contributed by atoms with van der Waals surface area (Å²) in [5.74, 6) is -0.215. The predicted octanol–water partition coefficient (Wildman–Crippen LogP) is 1.75. The summed E-state index contributed by atoms with van der Waals surface area (Å²) in [5, 5.41) is 2.32. The van der Waals surface area contributed by atoms with Crippen LogP contribution in [0, 0.1) is 4.91 Å². The van der Waals surface area contributed by atoms with Crippen molar-refractivity contribution in [3.8, 4) is 5.75 Å². The molecule has 0 radical (unpaired) electrons. The number of hydrogen-bond donors (Lipinski definition) is 0. The Bertz CT molecular complexity index is 412. The number of nitroso groups, excluding NO2 is 1. The van der Waals surface area contributed by atoms with E-state index >= 15 is 0 Å². The molecule has 0 saturated heterocycles. The minimum atomic E-state index is -0.873. The van der Waals surface area contributed by atoms with Crippen LogP contribution in [0.5, 0.6) is 5.75 Å². The van der Waals surface area contributed by atoms with Gasteiger partial charge >= 0.3 is 5.91 Å². The van der Waals surface area contributed by atoms with Crippen LogP contribution in [0.2, 0.25) is 0 Å². The van der Waals surface area contributed by atoms with Crippen LogP contribution >= 0.6 is 0 Å². The average molecular weight is 189 g/mol. The van der Waals surface area contributed by atoms with Gasteiger partial charge in [-0.2, -0.15) is 0 Å². The summed E-state index contributed by atoms with van der Waals surface area (Å²) in [4.78, 5) is 20.9. The highest BCUT2D eigenvalue weighted by molar-refractivity contribution is 5.85. The average Bonchev–Trinajstić information content (AvgIpc) is 2.27. The lowest BCUT2D eigenvalue weighted by molar-refractivity contribution is -0.122. The molecule has 1 aliphatic rings. The normalized spacial score (nSPS) is 18.1. The van der Waals surface area contributed by atoms with Crippen molar-refractivity contribution in [2.75, 3.05) is 0 Å². The molecule has 0 aliphatic carbocycles. The largest absolute Gasteiger partial charge is 0.476 e. The molecular formula is C10H7NO3. The zero-order valence-electron chi connectivity index (χ0n) is 7.21. The molecule has 4 nitrogen and oxygen atoms in total. The van der Waals surface area contributed by atoms with Crippen molar-refractivity contribution in [3.05, 3.63) is 40.8 Å². The van der Waals surface area contributed by atoms with E-state index < -0.39 is 12.0 Å². The summed E-state index contributed by atoms with van der Waals surface area (Å²) in [6, 6.07) is 7.27. The van der Waals surface area contributed by atoms with Gasteiger partial charge in [0.2, 0.25) is 6.10 Å². The first-order valence-corrected chi connectivity index (χ1v) is 4.12. The molecule has 1 aromatic carbocycles. The number of carbonyl (C=O) groups is 1. The van der Waals surface area contributed by atoms with Gasteiger partial charge < -0.3 is 4.74 Å². The van der Waals surface area contributed by atoms with Gasteiger partial charge in [-0.1, -0.05) is 24.3 Å². The Balaban J connectivity index is 2.29. The summed E-state index contributed by atoms with van der Waals surface area (Å²) in [6.07, 6.45) is 2.39. The molecule has 1 atom stereocenters. The van der Waals surface area contributed by atoms with E-state index in [9.17, 15) is 9.70 Å². The van der Waals surface area contributed by atoms with E-state index in [0.29, 0.717) is 5.75 Å². The number of benzene rings is 1. The smallest absolute Gasteiger partial charge is 0.330 e. The number of para-hydroxylation sites is 1. The fourth-order valence-electron chi connectivity index (χ4n) is 1.28. The minimum Gasteiger partial charge on any atom is -0.476 e. The third-order valence-corrected chi connectivity index (χ3v) is 1.96. The van der Waals surface area contributed by atoms with E-state index in [4.69, 9.17) is 4.74 Å². The van der Waals surface area contributed by atoms with Crippen LogP contribution in [0.15, 0.2) is 35.5 Å². The lowest BCUT2D eigenvalue weighted by Crippen LogP contribution is -2.25. The number of hydrogen-bond acceptors (Lipinski definition) is 3. The van der Waals surface area contributed by atoms with Crippen LogP contribution in [0.25, 0.3) is 6.08 Å². The molecule has 0 bridgehead atoms. The molecule has 2 rings (SSSR count). The maximum Gasteiger partial charge on any atom is 0.330 e. The summed E-state index contributed by atoms with van der Waals surface area (Å²) in [7, 11) is 0. The van der Waals surface area contributed by atoms with Crippen molar-refractivity contribution in [2.45, 2.75) is 6.10 Å². The number of nitrogens with zero attached hydrogens (tertiary/aromatic N) is 1. The van der Waals surface area contributed by atoms with Crippen molar-refractivity contribution < 1.29 is 9.53 Å². The highest BCUT2D eigenvalue weighted by Crippen LogP contribution is 2.25. The highest BCUT2D eigenvalue weighted by atomic mass is 16.5. The third-order valence-electron chi connectivity index (χ3n) is 1.96. The molecule has 0 N–H and O–H groups in total. The molecule has 0 aromatic heterocycles. The Labute approximate surface area is 80.2 Å². The van der Waals surface area contributed by atoms with Gasteiger partial charge in [0, 0.05) is 10.7 Å². The quantitative estimate of drug-likeness (QED) is 0.632. The second kappa shape index (κ2) is 3.41. The molecular weight excluding hydrogens is 182 g/mol. The van der Waals surface area contributed by atoms with E-state index in [1.807, 2.05) is 12.1 Å². The molecule has 1 heterocycles. The Hall–Kier alpha value is -1.97. The van der Waals surface area contributed by atoms with Crippen molar-refractivity contribution in [3.63, 3.8) is 0 Å². The molecule has 0 saturated carbocycles. The fourth-order valence-corrected chi connectivity index (χ4v) is 1.28. The first-order valence-electron chi connectivity index (χ1n) is 4.12. The van der Waals surface area contributed by atoms with Crippen molar-refractivity contribution in [2.24, 2.45) is 5.18 Å². The van der Waals surface area contributed by atoms with Gasteiger partial charge in [0.25, 0.3) is 0 Å². The molecule has 0 spiro atoms. The van der Waals surface area contributed by atoms with Gasteiger partial charge in [0.15, 0.2) is 0 Å². The topological polar surface area (TPSA) is 55.7 Å². The number of rotatable bonds is 1. The highest BCUT2D eigenvalue weighted by Gasteiger charge is 2.21. The Morgan fingerprint density at radius 1 is 1.36 bits per heavy atom. The number of amides is 1. The summed E-state index contributed by atoms with van der Waals surface area (Å²) < 4.78 is 5.25. The van der Waals surface area contributed by atoms with E-state index in [1.54, 1.807) is 18.2 Å². The van der Waals surface area contributed by atoms with Crippen LogP contribution in [0.3, 0.4) is 0 Å². The molecule has 1 aromatic rings. The van der Waals surface area contributed by atoms with Crippen LogP contribution < -0.4 is 4.74 Å². The Morgan fingerprint density at radius 2 is 2.14 bits per heavy atom. The molecule has 14 heavy (non-hydrogen) atoms. The zero-order chi connectivity index (χ0) is 9.97. The molecule has 1 unspecified atom stereocenters. The predicted molar refractivity (Wildman–Crippen MR) is 50.7 cm³/mol. The summed E-state index contributed by atoms with van der Waals surface area (Å²) in [6.45, 7) is 0. The van der Waals surface area contributed by atoms with Crippen LogP contribution in [-0.2, 0) is 4.79 Å². The van der Waals surface area contributed by atoms with Crippen molar-refractivity contribution in [1.82, 2.24) is 0 Å². The SMILES string of the molecule is O=NC(=O)C1C=Cc2ccccc2O1. The van der Waals surface area contributed by atoms with Crippen LogP contribution in [0.1, 0.15) is 5.56 Å². The second-order valence-electron chi connectivity index (χ2n) is 2.86. The van der Waals surface area contributed by atoms with Gasteiger partial charge in [-0.25, -0.2) is 0 Å². The maximum atomic E-state index is 10.9. The lowest BCUT2D eigenvalue weighted by atomic mass is 10.1. The van der Waals surface area contributed by atoms with Gasteiger partial charge in [-0.05, 0) is 12.1 Å². The standard InChI is InChI=1S/C10H7NO3/c12-10(11-13)9-6-5-7-3-1-2-4-8(7)14-9/h1-6,9H. The molecule has 4 heteroatoms. The van der Waals surface area contributed by atoms with Gasteiger partial charge in [0.05, 0.1) is 0 Å². The summed E-state index contributed by atoms with van der Waals surface area (Å²) in [5.41, 5.74) is 0.891. The molecule has 1 aliphatic heterocycles. The van der Waals surface area contributed by atoms with Crippen LogP contribution in [0.4, 0.5) is 0 Å². The third kappa shape index (κ3) is 1.42. The Morgan fingerprint density at radius 3 is 2.93 bits per heavy atom. The fraction of sp³-hybridized carbons (Fsp3) is 0.100. The van der Waals surface area contributed by atoms with Gasteiger partial charge in [-0.15, -0.1) is 4.91 Å². The number of fused-ring (bicyclic) bond motifs is 1. The van der Waals surface area contributed by atoms with Crippen molar-refractivity contribution >= 4 is 12.0 Å². The summed E-state index contributed by atoms with van der Waals surface area (Å²) >= 11 is 0.